The van der Waals surface area contributed by atoms with Crippen molar-refractivity contribution in [2.45, 2.75) is 225 Å². The molecule has 0 aliphatic carbocycles. The number of rotatable bonds is 42. The average Bonchev–Trinajstić information content (AvgIpc) is 3.92. The van der Waals surface area contributed by atoms with Crippen molar-refractivity contribution >= 4 is 19.8 Å². The summed E-state index contributed by atoms with van der Waals surface area (Å²) in [6.45, 7) is 4.20. The van der Waals surface area contributed by atoms with E-state index in [9.17, 15) is 19.0 Å². The third-order valence-corrected chi connectivity index (χ3v) is 11.7. The van der Waals surface area contributed by atoms with Crippen molar-refractivity contribution < 1.29 is 46.8 Å². The van der Waals surface area contributed by atoms with E-state index in [0.29, 0.717) is 29.7 Å². The van der Waals surface area contributed by atoms with Crippen molar-refractivity contribution in [2.75, 3.05) is 47.5 Å². The minimum Gasteiger partial charge on any atom is -0.756 e. The topological polar surface area (TPSA) is 124 Å². The summed E-state index contributed by atoms with van der Waals surface area (Å²) in [5.74, 6) is -0.847. The molecule has 0 aromatic carbocycles. The number of phosphoric acid groups is 1. The van der Waals surface area contributed by atoms with Crippen LogP contribution in [0.25, 0.3) is 0 Å². The quantitative estimate of drug-likeness (QED) is 0.0148. The third-order valence-electron chi connectivity index (χ3n) is 10.7. The van der Waals surface area contributed by atoms with E-state index in [1.165, 1.54) is 109 Å². The molecule has 1 aliphatic heterocycles. The number of hydrogen-bond donors (Lipinski definition) is 0. The number of allylic oxidation sites excluding steroid dienone is 1. The molecule has 11 heteroatoms. The molecule has 10 nitrogen and oxygen atoms in total. The highest BCUT2D eigenvalue weighted by atomic mass is 31.2. The lowest BCUT2D eigenvalue weighted by atomic mass is 10.0. The highest BCUT2D eigenvalue weighted by molar-refractivity contribution is 7.45. The Morgan fingerprint density at radius 3 is 1.67 bits per heavy atom. The van der Waals surface area contributed by atoms with Gasteiger partial charge in [-0.2, -0.15) is 0 Å². The van der Waals surface area contributed by atoms with E-state index >= 15 is 0 Å². The van der Waals surface area contributed by atoms with Crippen molar-refractivity contribution in [3.8, 4) is 0 Å². The summed E-state index contributed by atoms with van der Waals surface area (Å²) in [4.78, 5) is 37.6. The Labute approximate surface area is 350 Å². The number of epoxide rings is 1. The number of carbonyl (C=O) groups is 2. The Balaban J connectivity index is 2.25. The number of quaternary nitrogens is 1. The first-order chi connectivity index (χ1) is 27.5. The Kier molecular flexibility index (Phi) is 33.4. The molecular formula is C46H88NO9P. The molecule has 0 N–H and O–H groups in total. The van der Waals surface area contributed by atoms with Crippen LogP contribution in [0.1, 0.15) is 206 Å². The number of nitrogens with zero attached hydrogens (tertiary/aromatic N) is 1. The van der Waals surface area contributed by atoms with Crippen molar-refractivity contribution in [1.29, 1.82) is 0 Å². The van der Waals surface area contributed by atoms with E-state index in [4.69, 9.17) is 23.3 Å². The van der Waals surface area contributed by atoms with Crippen LogP contribution in [0.5, 0.6) is 0 Å². The maximum Gasteiger partial charge on any atom is 0.306 e. The highest BCUT2D eigenvalue weighted by Crippen LogP contribution is 2.38. The van der Waals surface area contributed by atoms with Crippen molar-refractivity contribution in [2.24, 2.45) is 0 Å². The van der Waals surface area contributed by atoms with E-state index in [1.54, 1.807) is 0 Å². The van der Waals surface area contributed by atoms with Gasteiger partial charge in [0.05, 0.1) is 40.0 Å². The second-order valence-corrected chi connectivity index (χ2v) is 18.9. The lowest BCUT2D eigenvalue weighted by molar-refractivity contribution is -0.870. The largest absolute Gasteiger partial charge is 0.756 e. The third kappa shape index (κ3) is 36.3. The summed E-state index contributed by atoms with van der Waals surface area (Å²) in [5, 5.41) is 0. The molecule has 1 saturated heterocycles. The molecule has 0 aromatic heterocycles. The van der Waals surface area contributed by atoms with Gasteiger partial charge in [-0.15, -0.1) is 0 Å². The Morgan fingerprint density at radius 1 is 0.632 bits per heavy atom. The molecule has 0 amide bonds. The second kappa shape index (κ2) is 35.5. The standard InChI is InChI=1S/C46H88NO9P/c1-6-8-10-12-14-15-16-17-18-19-20-21-22-23-24-28-32-36-45(48)52-40-42(41-54-57(50,51)53-39-38-47(3,4)5)55-46(49)37-33-29-25-27-31-35-44-43(56-44)34-30-26-13-11-9-7-2/h26,30,42-44H,6-25,27-29,31-41H2,1-5H3/b30-26-/t42-,43?,44?/m1/s1. The molecule has 0 saturated carbocycles. The van der Waals surface area contributed by atoms with Crippen molar-refractivity contribution in [1.82, 2.24) is 0 Å². The van der Waals surface area contributed by atoms with Crippen LogP contribution in [0.15, 0.2) is 12.2 Å². The van der Waals surface area contributed by atoms with Gasteiger partial charge in [-0.05, 0) is 38.5 Å². The van der Waals surface area contributed by atoms with Crippen LogP contribution >= 0.6 is 7.82 Å². The van der Waals surface area contributed by atoms with Gasteiger partial charge in [0.25, 0.3) is 7.82 Å². The first-order valence-electron chi connectivity index (χ1n) is 23.5. The molecule has 0 spiro atoms. The van der Waals surface area contributed by atoms with Crippen LogP contribution in [0, 0.1) is 0 Å². The summed E-state index contributed by atoms with van der Waals surface area (Å²) in [7, 11) is 1.16. The lowest BCUT2D eigenvalue weighted by Crippen LogP contribution is -2.37. The molecule has 1 aliphatic rings. The average molecular weight is 830 g/mol. The normalized spacial score (nSPS) is 17.2. The molecule has 4 atom stereocenters. The SMILES string of the molecule is CCCCC/C=C\CC1OC1CCCCCCCC(=O)O[C@H](COC(=O)CCCCCCCCCCCCCCCCCCC)COP(=O)([O-])OCC[N+](C)(C)C. The van der Waals surface area contributed by atoms with E-state index in [-0.39, 0.29) is 32.0 Å². The second-order valence-electron chi connectivity index (χ2n) is 17.5. The zero-order valence-electron chi connectivity index (χ0n) is 37.5. The lowest BCUT2D eigenvalue weighted by Gasteiger charge is -2.28. The first-order valence-corrected chi connectivity index (χ1v) is 25.0. The van der Waals surface area contributed by atoms with Crippen LogP contribution in [-0.2, 0) is 37.4 Å². The van der Waals surface area contributed by atoms with Gasteiger partial charge in [-0.3, -0.25) is 14.2 Å². The van der Waals surface area contributed by atoms with E-state index in [0.717, 1.165) is 64.2 Å². The number of hydrogen-bond acceptors (Lipinski definition) is 9. The first kappa shape index (κ1) is 53.7. The number of ether oxygens (including phenoxy) is 3. The summed E-state index contributed by atoms with van der Waals surface area (Å²) >= 11 is 0. The fourth-order valence-electron chi connectivity index (χ4n) is 6.90. The number of unbranched alkanes of at least 4 members (excludes halogenated alkanes) is 23. The molecule has 336 valence electrons. The predicted octanol–water partition coefficient (Wildman–Crippen LogP) is 11.7. The van der Waals surface area contributed by atoms with Gasteiger partial charge >= 0.3 is 11.9 Å². The van der Waals surface area contributed by atoms with Crippen LogP contribution in [0.3, 0.4) is 0 Å². The maximum absolute atomic E-state index is 12.7. The molecule has 1 rings (SSSR count). The van der Waals surface area contributed by atoms with Gasteiger partial charge in [-0.25, -0.2) is 0 Å². The molecule has 0 radical (unpaired) electrons. The number of esters is 2. The monoisotopic (exact) mass is 830 g/mol. The summed E-state index contributed by atoms with van der Waals surface area (Å²) in [6, 6.07) is 0. The fraction of sp³-hybridized carbons (Fsp3) is 0.913. The predicted molar refractivity (Wildman–Crippen MR) is 231 cm³/mol. The van der Waals surface area contributed by atoms with Gasteiger partial charge < -0.3 is 32.6 Å². The summed E-state index contributed by atoms with van der Waals surface area (Å²) in [6.07, 6.45) is 38.2. The van der Waals surface area contributed by atoms with Gasteiger partial charge in [-0.1, -0.05) is 167 Å². The van der Waals surface area contributed by atoms with Crippen molar-refractivity contribution in [3.63, 3.8) is 0 Å². The van der Waals surface area contributed by atoms with Gasteiger partial charge in [0.15, 0.2) is 6.10 Å². The minimum absolute atomic E-state index is 0.0339. The van der Waals surface area contributed by atoms with E-state index in [1.807, 2.05) is 21.1 Å². The van der Waals surface area contributed by atoms with Crippen LogP contribution in [-0.4, -0.2) is 82.2 Å². The zero-order valence-corrected chi connectivity index (χ0v) is 38.4. The van der Waals surface area contributed by atoms with Gasteiger partial charge in [0, 0.05) is 12.8 Å². The van der Waals surface area contributed by atoms with Gasteiger partial charge in [0.1, 0.15) is 19.8 Å². The number of phosphoric ester groups is 1. The summed E-state index contributed by atoms with van der Waals surface area (Å²) < 4.78 is 39.8. The fourth-order valence-corrected chi connectivity index (χ4v) is 7.63. The smallest absolute Gasteiger partial charge is 0.306 e. The van der Waals surface area contributed by atoms with E-state index < -0.39 is 26.5 Å². The van der Waals surface area contributed by atoms with Crippen LogP contribution in [0.4, 0.5) is 0 Å². The molecule has 1 fully saturated rings. The molecule has 1 heterocycles. The minimum atomic E-state index is -4.63. The molecule has 0 bridgehead atoms. The highest BCUT2D eigenvalue weighted by Gasteiger charge is 2.36. The Bertz CT molecular complexity index is 1050. The van der Waals surface area contributed by atoms with E-state index in [2.05, 4.69) is 26.0 Å². The molecule has 3 unspecified atom stereocenters. The number of likely N-dealkylation sites (N-methyl/N-ethyl adjacent to an activating group) is 1. The number of carbonyl (C=O) groups excluding carboxylic acids is 2. The molecule has 57 heavy (non-hydrogen) atoms. The van der Waals surface area contributed by atoms with Crippen molar-refractivity contribution in [3.05, 3.63) is 12.2 Å². The van der Waals surface area contributed by atoms with Gasteiger partial charge in [0.2, 0.25) is 0 Å². The molecule has 0 aromatic rings. The maximum atomic E-state index is 12.7. The summed E-state index contributed by atoms with van der Waals surface area (Å²) in [5.41, 5.74) is 0. The molecular weight excluding hydrogens is 741 g/mol. The zero-order chi connectivity index (χ0) is 41.9. The van der Waals surface area contributed by atoms with Crippen LogP contribution < -0.4 is 4.89 Å². The Morgan fingerprint density at radius 2 is 1.12 bits per heavy atom. The van der Waals surface area contributed by atoms with Crippen LogP contribution in [0.2, 0.25) is 0 Å². The Hall–Kier alpha value is -1.29.